The van der Waals surface area contributed by atoms with Crippen LogP contribution in [0.25, 0.3) is 0 Å². The first-order chi connectivity index (χ1) is 16.2. The Morgan fingerprint density at radius 3 is 2.62 bits per heavy atom. The van der Waals surface area contributed by atoms with Gasteiger partial charge in [-0.25, -0.2) is 4.39 Å². The highest BCUT2D eigenvalue weighted by atomic mass is 19.4. The van der Waals surface area contributed by atoms with E-state index in [2.05, 4.69) is 10.3 Å². The zero-order chi connectivity index (χ0) is 23.7. The van der Waals surface area contributed by atoms with Gasteiger partial charge in [-0.1, -0.05) is 0 Å². The van der Waals surface area contributed by atoms with Gasteiger partial charge in [0.05, 0.1) is 6.10 Å². The minimum Gasteiger partial charge on any atom is -0.487 e. The molecule has 6 nitrogen and oxygen atoms in total. The van der Waals surface area contributed by atoms with E-state index >= 15 is 0 Å². The predicted molar refractivity (Wildman–Crippen MR) is 114 cm³/mol. The van der Waals surface area contributed by atoms with Crippen molar-refractivity contribution in [2.45, 2.75) is 57.2 Å². The smallest absolute Gasteiger partial charge is 0.396 e. The number of carbonyl (C=O) groups excluding carboxylic acids is 1. The van der Waals surface area contributed by atoms with Crippen LogP contribution in [0.5, 0.6) is 5.75 Å². The fourth-order valence-corrected chi connectivity index (χ4v) is 5.44. The number of alkyl halides is 3. The molecule has 0 radical (unpaired) electrons. The first kappa shape index (κ1) is 21.7. The van der Waals surface area contributed by atoms with E-state index in [1.807, 2.05) is 0 Å². The third-order valence-electron chi connectivity index (χ3n) is 7.61. The summed E-state index contributed by atoms with van der Waals surface area (Å²) < 4.78 is 65.2. The van der Waals surface area contributed by atoms with E-state index in [0.29, 0.717) is 24.9 Å². The number of nitrogens with zero attached hydrogens (tertiary/aromatic N) is 2. The molecule has 4 aliphatic rings. The van der Waals surface area contributed by atoms with Gasteiger partial charge in [-0.15, -0.1) is 0 Å². The number of oxazole rings is 1. The quantitative estimate of drug-likeness (QED) is 0.567. The Bertz CT molecular complexity index is 1120. The van der Waals surface area contributed by atoms with Gasteiger partial charge in [-0.2, -0.15) is 18.2 Å². The number of benzene rings is 1. The molecule has 10 heteroatoms. The number of hydrogen-bond donors (Lipinski definition) is 1. The van der Waals surface area contributed by atoms with Crippen LogP contribution in [0, 0.1) is 23.1 Å². The van der Waals surface area contributed by atoms with Gasteiger partial charge < -0.3 is 19.4 Å². The Kier molecular flexibility index (Phi) is 4.87. The Morgan fingerprint density at radius 1 is 1.21 bits per heavy atom. The maximum Gasteiger partial charge on any atom is 0.396 e. The highest BCUT2D eigenvalue weighted by Gasteiger charge is 2.49. The van der Waals surface area contributed by atoms with E-state index in [9.17, 15) is 22.4 Å². The maximum atomic E-state index is 14.6. The van der Waals surface area contributed by atoms with E-state index in [1.54, 1.807) is 4.90 Å². The molecular weight excluding hydrogens is 454 g/mol. The predicted octanol–water partition coefficient (Wildman–Crippen LogP) is 5.34. The van der Waals surface area contributed by atoms with Crippen molar-refractivity contribution in [3.8, 4) is 5.75 Å². The Balaban J connectivity index is 1.17. The van der Waals surface area contributed by atoms with Crippen LogP contribution in [-0.4, -0.2) is 36.3 Å². The molecule has 4 fully saturated rings. The lowest BCUT2D eigenvalue weighted by atomic mass is 10.1. The molecule has 6 rings (SSSR count). The standard InChI is InChI=1S/C24H25F4N3O3/c25-17-10-15(1-2-18(17)33-16-8-13-7-14(13)9-16)29-21(32)20-19(11-24(26,27)28)34-22(30-20)31-6-5-23(12-31)3-4-23/h1-2,10,13-14,16H,3-9,11-12H2,(H,29,32)/t13-,14?,16?/m1/s1. The molecule has 34 heavy (non-hydrogen) atoms. The van der Waals surface area contributed by atoms with Gasteiger partial charge >= 0.3 is 6.18 Å². The third-order valence-corrected chi connectivity index (χ3v) is 7.61. The van der Waals surface area contributed by atoms with E-state index in [4.69, 9.17) is 9.15 Å². The molecule has 1 amide bonds. The number of anilines is 2. The van der Waals surface area contributed by atoms with Crippen LogP contribution in [0.2, 0.25) is 0 Å². The highest BCUT2D eigenvalue weighted by molar-refractivity contribution is 6.03. The van der Waals surface area contributed by atoms with E-state index in [0.717, 1.165) is 38.2 Å². The molecule has 1 spiro atoms. The monoisotopic (exact) mass is 479 g/mol. The Hall–Kier alpha value is -2.78. The minimum atomic E-state index is -4.57. The zero-order valence-electron chi connectivity index (χ0n) is 18.5. The summed E-state index contributed by atoms with van der Waals surface area (Å²) in [7, 11) is 0. The van der Waals surface area contributed by atoms with Gasteiger partial charge in [0, 0.05) is 24.8 Å². The molecule has 1 aromatic carbocycles. The summed E-state index contributed by atoms with van der Waals surface area (Å²) >= 11 is 0. The lowest BCUT2D eigenvalue weighted by molar-refractivity contribution is -0.130. The zero-order valence-corrected chi connectivity index (χ0v) is 18.5. The molecule has 3 saturated carbocycles. The van der Waals surface area contributed by atoms with E-state index in [1.165, 1.54) is 18.6 Å². The van der Waals surface area contributed by atoms with Gasteiger partial charge in [0.25, 0.3) is 11.9 Å². The maximum absolute atomic E-state index is 14.6. The summed E-state index contributed by atoms with van der Waals surface area (Å²) in [4.78, 5) is 18.7. The number of ether oxygens (including phenoxy) is 1. The van der Waals surface area contributed by atoms with Crippen LogP contribution in [0.15, 0.2) is 22.6 Å². The van der Waals surface area contributed by atoms with Crippen molar-refractivity contribution < 1.29 is 31.5 Å². The first-order valence-electron chi connectivity index (χ1n) is 11.8. The fraction of sp³-hybridized carbons (Fsp3) is 0.583. The summed E-state index contributed by atoms with van der Waals surface area (Å²) in [5, 5.41) is 2.45. The summed E-state index contributed by atoms with van der Waals surface area (Å²) in [6.07, 6.45) is 0.201. The van der Waals surface area contributed by atoms with Crippen LogP contribution in [0.3, 0.4) is 0 Å². The van der Waals surface area contributed by atoms with Crippen molar-refractivity contribution in [1.82, 2.24) is 4.98 Å². The van der Waals surface area contributed by atoms with E-state index in [-0.39, 0.29) is 29.0 Å². The average Bonchev–Trinajstić information content (AvgIpc) is 3.49. The highest BCUT2D eigenvalue weighted by Crippen LogP contribution is 2.54. The molecule has 3 atom stereocenters. The van der Waals surface area contributed by atoms with E-state index < -0.39 is 35.8 Å². The fourth-order valence-electron chi connectivity index (χ4n) is 5.44. The summed E-state index contributed by atoms with van der Waals surface area (Å²) in [6, 6.07) is 4.02. The van der Waals surface area contributed by atoms with Crippen molar-refractivity contribution in [1.29, 1.82) is 0 Å². The molecule has 1 aliphatic heterocycles. The van der Waals surface area contributed by atoms with Crippen LogP contribution >= 0.6 is 0 Å². The summed E-state index contributed by atoms with van der Waals surface area (Å²) in [6.45, 7) is 1.29. The molecule has 0 bridgehead atoms. The van der Waals surface area contributed by atoms with Gasteiger partial charge in [-0.3, -0.25) is 4.79 Å². The SMILES string of the molecule is O=C(Nc1ccc(OC2CC3C[C@@H]3C2)c(F)c1)c1nc(N2CCC3(CC3)C2)oc1CC(F)(F)F. The van der Waals surface area contributed by atoms with Crippen LogP contribution < -0.4 is 15.0 Å². The van der Waals surface area contributed by atoms with Crippen molar-refractivity contribution in [3.63, 3.8) is 0 Å². The lowest BCUT2D eigenvalue weighted by Gasteiger charge is -2.16. The lowest BCUT2D eigenvalue weighted by Crippen LogP contribution is -2.21. The topological polar surface area (TPSA) is 67.6 Å². The molecule has 1 aromatic heterocycles. The van der Waals surface area contributed by atoms with Crippen LogP contribution in [0.1, 0.15) is 54.8 Å². The number of aromatic nitrogens is 1. The summed E-state index contributed by atoms with van der Waals surface area (Å²) in [5.41, 5.74) is -0.124. The number of halogens is 4. The minimum absolute atomic E-state index is 0.00228. The number of amides is 1. The van der Waals surface area contributed by atoms with Gasteiger partial charge in [0.2, 0.25) is 0 Å². The van der Waals surface area contributed by atoms with Crippen molar-refractivity contribution in [2.24, 2.45) is 17.3 Å². The average molecular weight is 479 g/mol. The van der Waals surface area contributed by atoms with Gasteiger partial charge in [0.1, 0.15) is 12.2 Å². The van der Waals surface area contributed by atoms with Gasteiger partial charge in [0.15, 0.2) is 17.3 Å². The van der Waals surface area contributed by atoms with Crippen molar-refractivity contribution >= 4 is 17.6 Å². The van der Waals surface area contributed by atoms with Crippen molar-refractivity contribution in [3.05, 3.63) is 35.5 Å². The number of nitrogens with one attached hydrogen (secondary N) is 1. The second kappa shape index (κ2) is 7.61. The molecule has 2 aromatic rings. The largest absolute Gasteiger partial charge is 0.487 e. The molecule has 182 valence electrons. The first-order valence-corrected chi connectivity index (χ1v) is 11.8. The summed E-state index contributed by atoms with van der Waals surface area (Å²) in [5.74, 6) is -0.564. The molecule has 2 unspecified atom stereocenters. The molecular formula is C24H25F4N3O3. The number of rotatable bonds is 6. The molecule has 1 N–H and O–H groups in total. The Labute approximate surface area is 193 Å². The van der Waals surface area contributed by atoms with Crippen LogP contribution in [0.4, 0.5) is 29.3 Å². The number of hydrogen-bond acceptors (Lipinski definition) is 5. The second-order valence-electron chi connectivity index (χ2n) is 10.3. The normalized spacial score (nSPS) is 26.6. The Morgan fingerprint density at radius 2 is 1.97 bits per heavy atom. The second-order valence-corrected chi connectivity index (χ2v) is 10.3. The number of carbonyl (C=O) groups is 1. The molecule has 2 heterocycles. The molecule has 3 aliphatic carbocycles. The molecule has 1 saturated heterocycles. The van der Waals surface area contributed by atoms with Crippen molar-refractivity contribution in [2.75, 3.05) is 23.3 Å². The number of fused-ring (bicyclic) bond motifs is 1. The van der Waals surface area contributed by atoms with Gasteiger partial charge in [-0.05, 0) is 67.9 Å². The third kappa shape index (κ3) is 4.34. The van der Waals surface area contributed by atoms with Crippen LogP contribution in [-0.2, 0) is 6.42 Å².